The van der Waals surface area contributed by atoms with Crippen LogP contribution in [0.2, 0.25) is 0 Å². The molecule has 1 fully saturated rings. The number of rotatable bonds is 7. The van der Waals surface area contributed by atoms with Crippen LogP contribution in [0.5, 0.6) is 0 Å². The van der Waals surface area contributed by atoms with Crippen molar-refractivity contribution < 1.29 is 13.2 Å². The van der Waals surface area contributed by atoms with Crippen molar-refractivity contribution >= 4 is 27.3 Å². The van der Waals surface area contributed by atoms with E-state index in [0.29, 0.717) is 30.1 Å². The van der Waals surface area contributed by atoms with Crippen LogP contribution in [0.15, 0.2) is 16.3 Å². The first-order chi connectivity index (χ1) is 11.8. The number of piperidine rings is 1. The lowest BCUT2D eigenvalue weighted by molar-refractivity contribution is -0.128. The molecule has 25 heavy (non-hydrogen) atoms. The number of hydrogen-bond donors (Lipinski definition) is 2. The van der Waals surface area contributed by atoms with Crippen LogP contribution in [0.4, 0.5) is 0 Å². The Morgan fingerprint density at radius 2 is 2.08 bits per heavy atom. The Kier molecular flexibility index (Phi) is 6.64. The van der Waals surface area contributed by atoms with Crippen molar-refractivity contribution in [3.8, 4) is 0 Å². The standard InChI is InChI=1S/C17H29N3O3S2/c1-4-17(5-2,12-18)19-16(21)14-7-6-10-20(11-14)25(22,23)15-9-8-13(3)24-15/h8-9,14H,4-7,10-12,18H2,1-3H3,(H,19,21). The molecule has 142 valence electrons. The fourth-order valence-electron chi connectivity index (χ4n) is 3.18. The predicted molar refractivity (Wildman–Crippen MR) is 101 cm³/mol. The lowest BCUT2D eigenvalue weighted by Gasteiger charge is -2.36. The monoisotopic (exact) mass is 387 g/mol. The summed E-state index contributed by atoms with van der Waals surface area (Å²) >= 11 is 1.27. The quantitative estimate of drug-likeness (QED) is 0.749. The second-order valence-corrected chi connectivity index (χ2v) is 10.2. The molecule has 1 amide bonds. The normalized spacial score (nSPS) is 19.8. The fraction of sp³-hybridized carbons (Fsp3) is 0.706. The van der Waals surface area contributed by atoms with Crippen molar-refractivity contribution in [3.05, 3.63) is 17.0 Å². The van der Waals surface area contributed by atoms with E-state index in [1.54, 1.807) is 6.07 Å². The van der Waals surface area contributed by atoms with Crippen LogP contribution in [0.1, 0.15) is 44.4 Å². The van der Waals surface area contributed by atoms with Crippen molar-refractivity contribution in [3.63, 3.8) is 0 Å². The first-order valence-electron chi connectivity index (χ1n) is 8.86. The highest BCUT2D eigenvalue weighted by atomic mass is 32.2. The maximum Gasteiger partial charge on any atom is 0.252 e. The number of nitrogens with two attached hydrogens (primary N) is 1. The summed E-state index contributed by atoms with van der Waals surface area (Å²) in [6, 6.07) is 3.45. The highest BCUT2D eigenvalue weighted by Gasteiger charge is 2.36. The Morgan fingerprint density at radius 3 is 2.60 bits per heavy atom. The summed E-state index contributed by atoms with van der Waals surface area (Å²) in [6.07, 6.45) is 2.91. The van der Waals surface area contributed by atoms with Crippen LogP contribution in [0, 0.1) is 12.8 Å². The third-order valence-corrected chi connectivity index (χ3v) is 8.53. The molecule has 2 rings (SSSR count). The summed E-state index contributed by atoms with van der Waals surface area (Å²) in [5.74, 6) is -0.412. The van der Waals surface area contributed by atoms with Gasteiger partial charge in [0.2, 0.25) is 5.91 Å². The van der Waals surface area contributed by atoms with Gasteiger partial charge in [0.05, 0.1) is 11.5 Å². The van der Waals surface area contributed by atoms with Crippen molar-refractivity contribution in [2.24, 2.45) is 11.7 Å². The second kappa shape index (κ2) is 8.16. The van der Waals surface area contributed by atoms with Crippen molar-refractivity contribution in [2.75, 3.05) is 19.6 Å². The van der Waals surface area contributed by atoms with Crippen LogP contribution >= 0.6 is 11.3 Å². The molecule has 1 aromatic heterocycles. The minimum Gasteiger partial charge on any atom is -0.349 e. The number of nitrogens with zero attached hydrogens (tertiary/aromatic N) is 1. The molecule has 1 atom stereocenters. The Balaban J connectivity index is 2.11. The molecular weight excluding hydrogens is 358 g/mol. The summed E-state index contributed by atoms with van der Waals surface area (Å²) in [5, 5.41) is 3.08. The van der Waals surface area contributed by atoms with Crippen LogP contribution in [-0.2, 0) is 14.8 Å². The van der Waals surface area contributed by atoms with Gasteiger partial charge in [0.1, 0.15) is 4.21 Å². The van der Waals surface area contributed by atoms with E-state index in [4.69, 9.17) is 5.73 Å². The largest absolute Gasteiger partial charge is 0.349 e. The summed E-state index contributed by atoms with van der Waals surface area (Å²) in [7, 11) is -3.52. The first-order valence-corrected chi connectivity index (χ1v) is 11.1. The highest BCUT2D eigenvalue weighted by molar-refractivity contribution is 7.91. The zero-order valence-corrected chi connectivity index (χ0v) is 16.9. The van der Waals surface area contributed by atoms with Gasteiger partial charge in [0.15, 0.2) is 0 Å². The molecule has 0 bridgehead atoms. The Bertz CT molecular complexity index is 687. The highest BCUT2D eigenvalue weighted by Crippen LogP contribution is 2.28. The molecule has 0 aromatic carbocycles. The summed E-state index contributed by atoms with van der Waals surface area (Å²) in [6.45, 7) is 6.99. The summed E-state index contributed by atoms with van der Waals surface area (Å²) < 4.78 is 27.4. The molecule has 0 spiro atoms. The van der Waals surface area contributed by atoms with Gasteiger partial charge in [-0.1, -0.05) is 13.8 Å². The van der Waals surface area contributed by atoms with Crippen molar-refractivity contribution in [1.82, 2.24) is 9.62 Å². The number of hydrogen-bond acceptors (Lipinski definition) is 5. The van der Waals surface area contributed by atoms with Gasteiger partial charge in [-0.25, -0.2) is 8.42 Å². The van der Waals surface area contributed by atoms with E-state index in [2.05, 4.69) is 5.32 Å². The second-order valence-electron chi connectivity index (χ2n) is 6.75. The van der Waals surface area contributed by atoms with Gasteiger partial charge in [0.25, 0.3) is 10.0 Å². The minimum atomic E-state index is -3.52. The number of amides is 1. The predicted octanol–water partition coefficient (Wildman–Crippen LogP) is 2.09. The average Bonchev–Trinajstić information content (AvgIpc) is 3.07. The van der Waals surface area contributed by atoms with Gasteiger partial charge in [0, 0.05) is 24.5 Å². The molecule has 3 N–H and O–H groups in total. The fourth-order valence-corrected chi connectivity index (χ4v) is 6.14. The SMILES string of the molecule is CCC(CC)(CN)NC(=O)C1CCCN(S(=O)(=O)c2ccc(C)s2)C1. The molecule has 0 aliphatic carbocycles. The Morgan fingerprint density at radius 1 is 1.40 bits per heavy atom. The molecule has 8 heteroatoms. The minimum absolute atomic E-state index is 0.0867. The van der Waals surface area contributed by atoms with Crippen molar-refractivity contribution in [1.29, 1.82) is 0 Å². The maximum absolute atomic E-state index is 12.8. The number of thiophene rings is 1. The van der Waals surface area contributed by atoms with Crippen LogP contribution in [0.25, 0.3) is 0 Å². The number of carbonyl (C=O) groups excluding carboxylic acids is 1. The van der Waals surface area contributed by atoms with Gasteiger partial charge in [-0.3, -0.25) is 4.79 Å². The maximum atomic E-state index is 12.8. The molecule has 0 saturated carbocycles. The topological polar surface area (TPSA) is 92.5 Å². The molecule has 0 radical (unpaired) electrons. The molecule has 2 heterocycles. The van der Waals surface area contributed by atoms with E-state index >= 15 is 0 Å². The Hall–Kier alpha value is -0.960. The van der Waals surface area contributed by atoms with E-state index in [1.165, 1.54) is 15.6 Å². The zero-order valence-electron chi connectivity index (χ0n) is 15.2. The smallest absolute Gasteiger partial charge is 0.252 e. The lowest BCUT2D eigenvalue weighted by atomic mass is 9.90. The third-order valence-electron chi connectivity index (χ3n) is 5.20. The van der Waals surface area contributed by atoms with Gasteiger partial charge < -0.3 is 11.1 Å². The molecule has 1 unspecified atom stereocenters. The van der Waals surface area contributed by atoms with E-state index < -0.39 is 15.6 Å². The number of sulfonamides is 1. The summed E-state index contributed by atoms with van der Waals surface area (Å²) in [5.41, 5.74) is 5.46. The van der Waals surface area contributed by atoms with E-state index in [1.807, 2.05) is 26.8 Å². The van der Waals surface area contributed by atoms with Gasteiger partial charge in [-0.2, -0.15) is 4.31 Å². The van der Waals surface area contributed by atoms with Crippen LogP contribution in [0.3, 0.4) is 0 Å². The Labute approximate surface area is 154 Å². The molecule has 1 aliphatic heterocycles. The summed E-state index contributed by atoms with van der Waals surface area (Å²) in [4.78, 5) is 13.7. The lowest BCUT2D eigenvalue weighted by Crippen LogP contribution is -2.56. The third kappa shape index (κ3) is 4.42. The van der Waals surface area contributed by atoms with Crippen LogP contribution < -0.4 is 11.1 Å². The molecule has 1 aliphatic rings. The first kappa shape index (κ1) is 20.4. The molecular formula is C17H29N3O3S2. The number of aryl methyl sites for hydroxylation is 1. The molecule has 1 saturated heterocycles. The zero-order chi connectivity index (χ0) is 18.7. The molecule has 1 aromatic rings. The van der Waals surface area contributed by atoms with E-state index in [0.717, 1.165) is 17.7 Å². The average molecular weight is 388 g/mol. The number of carbonyl (C=O) groups is 1. The van der Waals surface area contributed by atoms with Gasteiger partial charge >= 0.3 is 0 Å². The number of nitrogens with one attached hydrogen (secondary N) is 1. The van der Waals surface area contributed by atoms with E-state index in [9.17, 15) is 13.2 Å². The van der Waals surface area contributed by atoms with Gasteiger partial charge in [-0.15, -0.1) is 11.3 Å². The molecule has 6 nitrogen and oxygen atoms in total. The van der Waals surface area contributed by atoms with Crippen molar-refractivity contribution in [2.45, 2.75) is 56.2 Å². The van der Waals surface area contributed by atoms with Gasteiger partial charge in [-0.05, 0) is 44.7 Å². The van der Waals surface area contributed by atoms with Crippen LogP contribution in [-0.4, -0.2) is 43.8 Å². The van der Waals surface area contributed by atoms with E-state index in [-0.39, 0.29) is 18.4 Å².